The number of ether oxygens (including phenoxy) is 1. The molecule has 0 saturated heterocycles. The topological polar surface area (TPSA) is 47.0 Å². The van der Waals surface area contributed by atoms with E-state index in [1.54, 1.807) is 0 Å². The standard InChI is InChI=1S/C16H23N3O/c1-13(2)20-10-6-5-9-17-11-14-12-18-15-7-3-4-8-16(15)19-14/h3-4,7-8,12-13,17H,5-6,9-11H2,1-2H3. The Morgan fingerprint density at radius 1 is 1.15 bits per heavy atom. The molecule has 0 aliphatic heterocycles. The van der Waals surface area contributed by atoms with E-state index >= 15 is 0 Å². The lowest BCUT2D eigenvalue weighted by Gasteiger charge is -2.08. The molecule has 0 saturated carbocycles. The van der Waals surface area contributed by atoms with E-state index in [0.717, 1.165) is 49.3 Å². The Hall–Kier alpha value is -1.52. The predicted molar refractivity (Wildman–Crippen MR) is 81.6 cm³/mol. The number of para-hydroxylation sites is 2. The minimum Gasteiger partial charge on any atom is -0.379 e. The lowest BCUT2D eigenvalue weighted by atomic mass is 10.3. The van der Waals surface area contributed by atoms with Crippen molar-refractivity contribution >= 4 is 11.0 Å². The fourth-order valence-electron chi connectivity index (χ4n) is 1.97. The van der Waals surface area contributed by atoms with Gasteiger partial charge < -0.3 is 10.1 Å². The molecule has 0 spiro atoms. The number of unbranched alkanes of at least 4 members (excludes halogenated alkanes) is 1. The summed E-state index contributed by atoms with van der Waals surface area (Å²) < 4.78 is 5.50. The van der Waals surface area contributed by atoms with Crippen molar-refractivity contribution in [1.29, 1.82) is 0 Å². The maximum absolute atomic E-state index is 5.50. The molecule has 0 amide bonds. The molecule has 1 aromatic carbocycles. The molecule has 4 nitrogen and oxygen atoms in total. The molecule has 1 N–H and O–H groups in total. The molecule has 0 radical (unpaired) electrons. The summed E-state index contributed by atoms with van der Waals surface area (Å²) >= 11 is 0. The van der Waals surface area contributed by atoms with Gasteiger partial charge in [0.25, 0.3) is 0 Å². The first-order valence-corrected chi connectivity index (χ1v) is 7.28. The van der Waals surface area contributed by atoms with Gasteiger partial charge in [-0.2, -0.15) is 0 Å². The van der Waals surface area contributed by atoms with E-state index < -0.39 is 0 Å². The second kappa shape index (κ2) is 7.92. The van der Waals surface area contributed by atoms with E-state index in [1.165, 1.54) is 0 Å². The quantitative estimate of drug-likeness (QED) is 0.751. The molecule has 20 heavy (non-hydrogen) atoms. The maximum Gasteiger partial charge on any atom is 0.0890 e. The minimum atomic E-state index is 0.329. The van der Waals surface area contributed by atoms with Gasteiger partial charge in [-0.15, -0.1) is 0 Å². The average molecular weight is 273 g/mol. The molecule has 4 heteroatoms. The van der Waals surface area contributed by atoms with Crippen LogP contribution in [0.3, 0.4) is 0 Å². The van der Waals surface area contributed by atoms with E-state index in [0.29, 0.717) is 6.10 Å². The SMILES string of the molecule is CC(C)OCCCCNCc1cnc2ccccc2n1. The Labute approximate surface area is 120 Å². The number of hydrogen-bond donors (Lipinski definition) is 1. The fourth-order valence-corrected chi connectivity index (χ4v) is 1.97. The molecular weight excluding hydrogens is 250 g/mol. The molecule has 108 valence electrons. The Bertz CT molecular complexity index is 528. The molecule has 0 aliphatic carbocycles. The molecule has 1 heterocycles. The number of rotatable bonds is 8. The molecule has 0 fully saturated rings. The molecule has 2 aromatic rings. The third kappa shape index (κ3) is 4.87. The van der Waals surface area contributed by atoms with Gasteiger partial charge >= 0.3 is 0 Å². The van der Waals surface area contributed by atoms with Crippen LogP contribution in [0.15, 0.2) is 30.5 Å². The third-order valence-electron chi connectivity index (χ3n) is 3.00. The summed E-state index contributed by atoms with van der Waals surface area (Å²) in [7, 11) is 0. The van der Waals surface area contributed by atoms with E-state index in [1.807, 2.05) is 30.5 Å². The third-order valence-corrected chi connectivity index (χ3v) is 3.00. The first-order valence-electron chi connectivity index (χ1n) is 7.28. The van der Waals surface area contributed by atoms with Crippen molar-refractivity contribution in [3.63, 3.8) is 0 Å². The highest BCUT2D eigenvalue weighted by Crippen LogP contribution is 2.08. The molecule has 2 rings (SSSR count). The first-order chi connectivity index (χ1) is 9.75. The number of nitrogens with one attached hydrogen (secondary N) is 1. The molecule has 1 aromatic heterocycles. The minimum absolute atomic E-state index is 0.329. The van der Waals surface area contributed by atoms with E-state index in [2.05, 4.69) is 29.1 Å². The van der Waals surface area contributed by atoms with E-state index in [-0.39, 0.29) is 0 Å². The van der Waals surface area contributed by atoms with Crippen molar-refractivity contribution in [1.82, 2.24) is 15.3 Å². The second-order valence-corrected chi connectivity index (χ2v) is 5.15. The zero-order valence-corrected chi connectivity index (χ0v) is 12.3. The van der Waals surface area contributed by atoms with Crippen LogP contribution in [0, 0.1) is 0 Å². The van der Waals surface area contributed by atoms with Gasteiger partial charge in [-0.25, -0.2) is 4.98 Å². The zero-order valence-electron chi connectivity index (χ0n) is 12.3. The molecule has 0 atom stereocenters. The van der Waals surface area contributed by atoms with Crippen molar-refractivity contribution in [3.05, 3.63) is 36.2 Å². The largest absolute Gasteiger partial charge is 0.379 e. The van der Waals surface area contributed by atoms with E-state index in [4.69, 9.17) is 4.74 Å². The van der Waals surface area contributed by atoms with Gasteiger partial charge in [-0.3, -0.25) is 4.98 Å². The molecule has 0 unspecified atom stereocenters. The zero-order chi connectivity index (χ0) is 14.2. The summed E-state index contributed by atoms with van der Waals surface area (Å²) in [4.78, 5) is 8.99. The summed E-state index contributed by atoms with van der Waals surface area (Å²) in [5.41, 5.74) is 2.89. The lowest BCUT2D eigenvalue weighted by Crippen LogP contribution is -2.16. The van der Waals surface area contributed by atoms with Gasteiger partial charge in [0.15, 0.2) is 0 Å². The highest BCUT2D eigenvalue weighted by atomic mass is 16.5. The molecular formula is C16H23N3O. The second-order valence-electron chi connectivity index (χ2n) is 5.15. The van der Waals surface area contributed by atoms with Crippen LogP contribution in [0.5, 0.6) is 0 Å². The maximum atomic E-state index is 5.50. The molecule has 0 bridgehead atoms. The Kier molecular flexibility index (Phi) is 5.89. The predicted octanol–water partition coefficient (Wildman–Crippen LogP) is 2.92. The van der Waals surface area contributed by atoms with Crippen LogP contribution in [-0.4, -0.2) is 29.2 Å². The number of nitrogens with zero attached hydrogens (tertiary/aromatic N) is 2. The van der Waals surface area contributed by atoms with Gasteiger partial charge in [-0.1, -0.05) is 12.1 Å². The van der Waals surface area contributed by atoms with Crippen LogP contribution in [-0.2, 0) is 11.3 Å². The van der Waals surface area contributed by atoms with Crippen LogP contribution in [0.25, 0.3) is 11.0 Å². The Morgan fingerprint density at radius 3 is 2.75 bits per heavy atom. The van der Waals surface area contributed by atoms with Crippen molar-refractivity contribution in [2.75, 3.05) is 13.2 Å². The fraction of sp³-hybridized carbons (Fsp3) is 0.500. The highest BCUT2D eigenvalue weighted by Gasteiger charge is 1.99. The van der Waals surface area contributed by atoms with Crippen molar-refractivity contribution in [2.24, 2.45) is 0 Å². The van der Waals surface area contributed by atoms with Crippen molar-refractivity contribution in [2.45, 2.75) is 39.3 Å². The average Bonchev–Trinajstić information content (AvgIpc) is 2.46. The van der Waals surface area contributed by atoms with Gasteiger partial charge in [0.1, 0.15) is 0 Å². The summed E-state index contributed by atoms with van der Waals surface area (Å²) in [6.07, 6.45) is 4.38. The van der Waals surface area contributed by atoms with Gasteiger partial charge in [0.2, 0.25) is 0 Å². The van der Waals surface area contributed by atoms with Crippen LogP contribution < -0.4 is 5.32 Å². The van der Waals surface area contributed by atoms with Crippen LogP contribution in [0.2, 0.25) is 0 Å². The number of benzene rings is 1. The normalized spacial score (nSPS) is 11.3. The number of fused-ring (bicyclic) bond motifs is 1. The van der Waals surface area contributed by atoms with Crippen LogP contribution >= 0.6 is 0 Å². The smallest absolute Gasteiger partial charge is 0.0890 e. The van der Waals surface area contributed by atoms with Crippen LogP contribution in [0.4, 0.5) is 0 Å². The number of hydrogen-bond acceptors (Lipinski definition) is 4. The highest BCUT2D eigenvalue weighted by molar-refractivity contribution is 5.73. The first kappa shape index (κ1) is 14.9. The van der Waals surface area contributed by atoms with Gasteiger partial charge in [-0.05, 0) is 45.4 Å². The monoisotopic (exact) mass is 273 g/mol. The summed E-state index contributed by atoms with van der Waals surface area (Å²) in [5, 5.41) is 3.40. The Balaban J connectivity index is 1.68. The van der Waals surface area contributed by atoms with Gasteiger partial charge in [0, 0.05) is 13.2 Å². The van der Waals surface area contributed by atoms with Crippen molar-refractivity contribution < 1.29 is 4.74 Å². The summed E-state index contributed by atoms with van der Waals surface area (Å²) in [6, 6.07) is 7.94. The molecule has 0 aliphatic rings. The van der Waals surface area contributed by atoms with Crippen LogP contribution in [0.1, 0.15) is 32.4 Å². The van der Waals surface area contributed by atoms with E-state index in [9.17, 15) is 0 Å². The van der Waals surface area contributed by atoms with Crippen molar-refractivity contribution in [3.8, 4) is 0 Å². The summed E-state index contributed by atoms with van der Waals surface area (Å²) in [6.45, 7) is 6.72. The lowest BCUT2D eigenvalue weighted by molar-refractivity contribution is 0.0760. The Morgan fingerprint density at radius 2 is 1.95 bits per heavy atom. The number of aromatic nitrogens is 2. The summed E-state index contributed by atoms with van der Waals surface area (Å²) in [5.74, 6) is 0. The van der Waals surface area contributed by atoms with Gasteiger partial charge in [0.05, 0.1) is 29.0 Å².